The van der Waals surface area contributed by atoms with Gasteiger partial charge >= 0.3 is 0 Å². The molecule has 0 heterocycles. The predicted octanol–water partition coefficient (Wildman–Crippen LogP) is 6.45. The molecule has 0 bridgehead atoms. The molecule has 2 rings (SSSR count). The van der Waals surface area contributed by atoms with Crippen LogP contribution in [0.25, 0.3) is 0 Å². The topological polar surface area (TPSA) is 18.5 Å². The van der Waals surface area contributed by atoms with Crippen molar-refractivity contribution in [2.24, 2.45) is 5.92 Å². The molecule has 2 nitrogen and oxygen atoms in total. The molecule has 138 valence electrons. The summed E-state index contributed by atoms with van der Waals surface area (Å²) >= 11 is 0. The Kier molecular flexibility index (Phi) is 7.16. The van der Waals surface area contributed by atoms with Crippen LogP contribution in [0.1, 0.15) is 69.9 Å². The highest BCUT2D eigenvalue weighted by Crippen LogP contribution is 2.47. The first-order valence-electron chi connectivity index (χ1n) is 9.59. The van der Waals surface area contributed by atoms with E-state index in [0.29, 0.717) is 5.92 Å². The third kappa shape index (κ3) is 4.68. The van der Waals surface area contributed by atoms with E-state index in [0.717, 1.165) is 30.8 Å². The van der Waals surface area contributed by atoms with Gasteiger partial charge in [0, 0.05) is 11.5 Å². The van der Waals surface area contributed by atoms with Gasteiger partial charge in [-0.15, -0.1) is 0 Å². The Balaban J connectivity index is 2.47. The molecular formula is C23H34O2. The van der Waals surface area contributed by atoms with Crippen LogP contribution >= 0.6 is 0 Å². The molecule has 2 heteroatoms. The van der Waals surface area contributed by atoms with E-state index in [9.17, 15) is 0 Å². The summed E-state index contributed by atoms with van der Waals surface area (Å²) in [6, 6.07) is 4.42. The van der Waals surface area contributed by atoms with Gasteiger partial charge in [0.1, 0.15) is 11.5 Å². The maximum absolute atomic E-state index is 5.81. The standard InChI is InChI=1S/C23H34O2/c1-7-8-9-10-18-14-21(24-5)23(22(15-18)25-6)20-13-17(4)11-12-19(20)16(2)3/h13-15,19-20H,2,7-12H2,1,3-6H3/t19-,20+/m1/s1. The quantitative estimate of drug-likeness (QED) is 0.399. The maximum atomic E-state index is 5.81. The average Bonchev–Trinajstić information content (AvgIpc) is 2.60. The molecule has 0 aromatic heterocycles. The van der Waals surface area contributed by atoms with Gasteiger partial charge in [0.15, 0.2) is 0 Å². The molecule has 0 aliphatic heterocycles. The highest BCUT2D eigenvalue weighted by atomic mass is 16.5. The number of ether oxygens (including phenoxy) is 2. The van der Waals surface area contributed by atoms with Crippen molar-refractivity contribution >= 4 is 0 Å². The molecule has 1 aliphatic rings. The Labute approximate surface area is 153 Å². The first-order chi connectivity index (χ1) is 12.0. The van der Waals surface area contributed by atoms with Gasteiger partial charge in [0.25, 0.3) is 0 Å². The summed E-state index contributed by atoms with van der Waals surface area (Å²) in [5.74, 6) is 2.62. The number of aryl methyl sites for hydroxylation is 1. The molecular weight excluding hydrogens is 308 g/mol. The molecule has 1 aromatic rings. The van der Waals surface area contributed by atoms with Crippen LogP contribution in [0.2, 0.25) is 0 Å². The van der Waals surface area contributed by atoms with Crippen molar-refractivity contribution in [3.63, 3.8) is 0 Å². The van der Waals surface area contributed by atoms with Gasteiger partial charge in [0.2, 0.25) is 0 Å². The highest BCUT2D eigenvalue weighted by Gasteiger charge is 2.30. The van der Waals surface area contributed by atoms with E-state index in [4.69, 9.17) is 9.47 Å². The lowest BCUT2D eigenvalue weighted by molar-refractivity contribution is 0.368. The summed E-state index contributed by atoms with van der Waals surface area (Å²) in [6.45, 7) is 10.8. The fourth-order valence-corrected chi connectivity index (χ4v) is 3.95. The summed E-state index contributed by atoms with van der Waals surface area (Å²) in [5.41, 5.74) is 5.16. The molecule has 0 spiro atoms. The van der Waals surface area contributed by atoms with Crippen LogP contribution < -0.4 is 9.47 Å². The van der Waals surface area contributed by atoms with Gasteiger partial charge in [-0.1, -0.05) is 43.6 Å². The molecule has 25 heavy (non-hydrogen) atoms. The summed E-state index contributed by atoms with van der Waals surface area (Å²) in [7, 11) is 3.53. The fourth-order valence-electron chi connectivity index (χ4n) is 3.95. The lowest BCUT2D eigenvalue weighted by atomic mass is 9.73. The number of hydrogen-bond acceptors (Lipinski definition) is 2. The number of hydrogen-bond donors (Lipinski definition) is 0. The first-order valence-corrected chi connectivity index (χ1v) is 9.59. The summed E-state index contributed by atoms with van der Waals surface area (Å²) in [4.78, 5) is 0. The van der Waals surface area contributed by atoms with Crippen LogP contribution in [-0.4, -0.2) is 14.2 Å². The second-order valence-electron chi connectivity index (χ2n) is 7.40. The third-order valence-electron chi connectivity index (χ3n) is 5.39. The predicted molar refractivity (Wildman–Crippen MR) is 107 cm³/mol. The molecule has 1 aromatic carbocycles. The maximum Gasteiger partial charge on any atom is 0.126 e. The van der Waals surface area contributed by atoms with Crippen LogP contribution in [0.15, 0.2) is 35.9 Å². The molecule has 0 unspecified atom stereocenters. The normalized spacial score (nSPS) is 20.1. The van der Waals surface area contributed by atoms with Crippen molar-refractivity contribution in [1.82, 2.24) is 0 Å². The zero-order chi connectivity index (χ0) is 18.4. The number of allylic oxidation sites excluding steroid dienone is 3. The van der Waals surface area contributed by atoms with E-state index in [-0.39, 0.29) is 5.92 Å². The van der Waals surface area contributed by atoms with E-state index < -0.39 is 0 Å². The van der Waals surface area contributed by atoms with Gasteiger partial charge in [-0.25, -0.2) is 0 Å². The minimum Gasteiger partial charge on any atom is -0.496 e. The van der Waals surface area contributed by atoms with E-state index in [1.54, 1.807) is 14.2 Å². The molecule has 0 fully saturated rings. The van der Waals surface area contributed by atoms with Crippen molar-refractivity contribution in [1.29, 1.82) is 0 Å². The number of methoxy groups -OCH3 is 2. The molecule has 2 atom stereocenters. The van der Waals surface area contributed by atoms with Crippen molar-refractivity contribution in [3.8, 4) is 11.5 Å². The number of unbranched alkanes of at least 4 members (excludes halogenated alkanes) is 2. The van der Waals surface area contributed by atoms with Crippen LogP contribution in [0, 0.1) is 5.92 Å². The van der Waals surface area contributed by atoms with Gasteiger partial charge in [0.05, 0.1) is 14.2 Å². The van der Waals surface area contributed by atoms with Crippen molar-refractivity contribution in [2.45, 2.75) is 65.2 Å². The van der Waals surface area contributed by atoms with Gasteiger partial charge in [-0.05, 0) is 63.1 Å². The van der Waals surface area contributed by atoms with Crippen molar-refractivity contribution in [3.05, 3.63) is 47.1 Å². The second kappa shape index (κ2) is 9.12. The fraction of sp³-hybridized carbons (Fsp3) is 0.565. The summed E-state index contributed by atoms with van der Waals surface area (Å²) in [5, 5.41) is 0. The Morgan fingerprint density at radius 2 is 1.80 bits per heavy atom. The molecule has 0 saturated heterocycles. The summed E-state index contributed by atoms with van der Waals surface area (Å²) < 4.78 is 11.6. The van der Waals surface area contributed by atoms with E-state index in [1.807, 2.05) is 0 Å². The zero-order valence-corrected chi connectivity index (χ0v) is 16.7. The minimum atomic E-state index is 0.279. The van der Waals surface area contributed by atoms with Gasteiger partial charge in [-0.3, -0.25) is 0 Å². The zero-order valence-electron chi connectivity index (χ0n) is 16.7. The van der Waals surface area contributed by atoms with E-state index in [2.05, 4.69) is 45.6 Å². The lowest BCUT2D eigenvalue weighted by Crippen LogP contribution is -2.18. The second-order valence-corrected chi connectivity index (χ2v) is 7.40. The Morgan fingerprint density at radius 1 is 1.16 bits per heavy atom. The third-order valence-corrected chi connectivity index (χ3v) is 5.39. The van der Waals surface area contributed by atoms with Crippen LogP contribution in [-0.2, 0) is 6.42 Å². The molecule has 0 radical (unpaired) electrons. The van der Waals surface area contributed by atoms with Crippen LogP contribution in [0.4, 0.5) is 0 Å². The Bertz CT molecular complexity index is 602. The lowest BCUT2D eigenvalue weighted by Gasteiger charge is -2.32. The average molecular weight is 343 g/mol. The van der Waals surface area contributed by atoms with E-state index >= 15 is 0 Å². The number of benzene rings is 1. The minimum absolute atomic E-state index is 0.279. The summed E-state index contributed by atoms with van der Waals surface area (Å²) in [6.07, 6.45) is 9.46. The van der Waals surface area contributed by atoms with Gasteiger partial charge in [-0.2, -0.15) is 0 Å². The monoisotopic (exact) mass is 342 g/mol. The Morgan fingerprint density at radius 3 is 2.32 bits per heavy atom. The molecule has 0 amide bonds. The van der Waals surface area contributed by atoms with Crippen molar-refractivity contribution in [2.75, 3.05) is 14.2 Å². The van der Waals surface area contributed by atoms with Crippen LogP contribution in [0.5, 0.6) is 11.5 Å². The number of rotatable bonds is 8. The smallest absolute Gasteiger partial charge is 0.126 e. The van der Waals surface area contributed by atoms with Gasteiger partial charge < -0.3 is 9.47 Å². The Hall–Kier alpha value is -1.70. The largest absolute Gasteiger partial charge is 0.496 e. The van der Waals surface area contributed by atoms with E-state index in [1.165, 1.54) is 41.5 Å². The van der Waals surface area contributed by atoms with Crippen molar-refractivity contribution < 1.29 is 9.47 Å². The van der Waals surface area contributed by atoms with Crippen LogP contribution in [0.3, 0.4) is 0 Å². The first kappa shape index (κ1) is 19.6. The molecule has 0 saturated carbocycles. The highest BCUT2D eigenvalue weighted by molar-refractivity contribution is 5.53. The molecule has 1 aliphatic carbocycles. The SMILES string of the molecule is C=C(C)[C@H]1CCC(C)=C[C@@H]1c1c(OC)cc(CCCCC)cc1OC. The molecule has 0 N–H and O–H groups in total.